The molecule has 5 nitrogen and oxygen atoms in total. The van der Waals surface area contributed by atoms with Gasteiger partial charge in [0, 0.05) is 0 Å². The van der Waals surface area contributed by atoms with Crippen molar-refractivity contribution in [3.8, 4) is 5.75 Å². The summed E-state index contributed by atoms with van der Waals surface area (Å²) in [6.07, 6.45) is 5.00. The first-order valence-electron chi connectivity index (χ1n) is 9.76. The molecule has 0 radical (unpaired) electrons. The van der Waals surface area contributed by atoms with Gasteiger partial charge < -0.3 is 19.2 Å². The standard InChI is InChI=1S/C22H26N2O3/c1-2-3-4-6-16-7-5-8-18(11-16)26-19-13-24(14-19)22-23-20-10-9-17(15-25)12-21(20)27-22/h5,7-12,19,25H,2-4,6,13-15H2,1H3. The lowest BCUT2D eigenvalue weighted by molar-refractivity contribution is 0.162. The molecule has 0 amide bonds. The summed E-state index contributed by atoms with van der Waals surface area (Å²) in [6, 6.07) is 14.6. The minimum absolute atomic E-state index is 0.00309. The second-order valence-corrected chi connectivity index (χ2v) is 7.21. The first kappa shape index (κ1) is 17.9. The van der Waals surface area contributed by atoms with Crippen LogP contribution in [0.25, 0.3) is 11.1 Å². The molecule has 0 saturated carbocycles. The molecule has 2 aromatic carbocycles. The van der Waals surface area contributed by atoms with Crippen molar-refractivity contribution in [3.63, 3.8) is 0 Å². The van der Waals surface area contributed by atoms with Crippen LogP contribution in [0.5, 0.6) is 5.75 Å². The SMILES string of the molecule is CCCCCc1cccc(OC2CN(c3nc4ccc(CO)cc4o3)C2)c1. The molecule has 1 aliphatic heterocycles. The first-order valence-corrected chi connectivity index (χ1v) is 9.76. The molecule has 0 spiro atoms. The van der Waals surface area contributed by atoms with E-state index in [1.807, 2.05) is 24.3 Å². The Morgan fingerprint density at radius 2 is 2.04 bits per heavy atom. The molecule has 0 bridgehead atoms. The number of hydrogen-bond acceptors (Lipinski definition) is 5. The van der Waals surface area contributed by atoms with Gasteiger partial charge in [-0.15, -0.1) is 0 Å². The molecule has 27 heavy (non-hydrogen) atoms. The van der Waals surface area contributed by atoms with Gasteiger partial charge in [0.1, 0.15) is 17.4 Å². The largest absolute Gasteiger partial charge is 0.487 e. The van der Waals surface area contributed by atoms with Gasteiger partial charge in [0.25, 0.3) is 6.01 Å². The Bertz CT molecular complexity index is 899. The van der Waals surface area contributed by atoms with E-state index in [2.05, 4.69) is 35.0 Å². The summed E-state index contributed by atoms with van der Waals surface area (Å²) in [4.78, 5) is 6.61. The molecule has 2 heterocycles. The van der Waals surface area contributed by atoms with Crippen LogP contribution in [0, 0.1) is 0 Å². The van der Waals surface area contributed by atoms with E-state index in [9.17, 15) is 5.11 Å². The first-order chi connectivity index (χ1) is 13.2. The van der Waals surface area contributed by atoms with Crippen LogP contribution in [0.15, 0.2) is 46.9 Å². The topological polar surface area (TPSA) is 58.7 Å². The Labute approximate surface area is 159 Å². The molecule has 142 valence electrons. The van der Waals surface area contributed by atoms with Crippen molar-refractivity contribution in [1.29, 1.82) is 0 Å². The van der Waals surface area contributed by atoms with E-state index < -0.39 is 0 Å². The third kappa shape index (κ3) is 4.08. The lowest BCUT2D eigenvalue weighted by Crippen LogP contribution is -2.54. The summed E-state index contributed by atoms with van der Waals surface area (Å²) in [5.74, 6) is 0.943. The van der Waals surface area contributed by atoms with Crippen LogP contribution in [0.2, 0.25) is 0 Å². The fourth-order valence-electron chi connectivity index (χ4n) is 3.41. The number of aromatic nitrogens is 1. The maximum atomic E-state index is 9.24. The van der Waals surface area contributed by atoms with E-state index in [4.69, 9.17) is 9.15 Å². The fraction of sp³-hybridized carbons (Fsp3) is 0.409. The van der Waals surface area contributed by atoms with E-state index in [0.29, 0.717) is 11.6 Å². The second kappa shape index (κ2) is 8.01. The van der Waals surface area contributed by atoms with Crippen molar-refractivity contribution in [2.24, 2.45) is 0 Å². The molecule has 0 aliphatic carbocycles. The Morgan fingerprint density at radius 3 is 2.85 bits per heavy atom. The molecule has 1 aromatic heterocycles. The highest BCUT2D eigenvalue weighted by molar-refractivity contribution is 5.75. The normalized spacial score (nSPS) is 14.5. The van der Waals surface area contributed by atoms with Crippen LogP contribution in [0.4, 0.5) is 6.01 Å². The van der Waals surface area contributed by atoms with E-state index in [1.54, 1.807) is 0 Å². The van der Waals surface area contributed by atoms with E-state index in [1.165, 1.54) is 24.8 Å². The van der Waals surface area contributed by atoms with Crippen LogP contribution in [0.3, 0.4) is 0 Å². The zero-order valence-corrected chi connectivity index (χ0v) is 15.7. The summed E-state index contributed by atoms with van der Waals surface area (Å²) in [6.45, 7) is 3.76. The monoisotopic (exact) mass is 366 g/mol. The molecule has 0 unspecified atom stereocenters. The van der Waals surface area contributed by atoms with Crippen molar-refractivity contribution >= 4 is 17.1 Å². The number of aryl methyl sites for hydroxylation is 1. The molecule has 1 aliphatic rings. The number of ether oxygens (including phenoxy) is 1. The minimum atomic E-state index is 0.00309. The van der Waals surface area contributed by atoms with Crippen LogP contribution < -0.4 is 9.64 Å². The number of anilines is 1. The number of benzene rings is 2. The third-order valence-corrected chi connectivity index (χ3v) is 5.01. The van der Waals surface area contributed by atoms with Gasteiger partial charge in [-0.3, -0.25) is 0 Å². The van der Waals surface area contributed by atoms with Gasteiger partial charge in [-0.05, 0) is 48.2 Å². The number of nitrogens with zero attached hydrogens (tertiary/aromatic N) is 2. The highest BCUT2D eigenvalue weighted by Crippen LogP contribution is 2.28. The van der Waals surface area contributed by atoms with Gasteiger partial charge in [0.05, 0.1) is 19.7 Å². The number of hydrogen-bond donors (Lipinski definition) is 1. The molecule has 1 saturated heterocycles. The lowest BCUT2D eigenvalue weighted by atomic mass is 10.1. The average molecular weight is 366 g/mol. The van der Waals surface area contributed by atoms with Gasteiger partial charge in [-0.25, -0.2) is 0 Å². The van der Waals surface area contributed by atoms with Crippen molar-refractivity contribution < 1.29 is 14.3 Å². The van der Waals surface area contributed by atoms with Gasteiger partial charge in [-0.1, -0.05) is 38.0 Å². The number of rotatable bonds is 8. The molecular weight excluding hydrogens is 340 g/mol. The Balaban J connectivity index is 1.34. The highest BCUT2D eigenvalue weighted by Gasteiger charge is 2.32. The number of aliphatic hydroxyl groups is 1. The average Bonchev–Trinajstić information content (AvgIpc) is 3.07. The zero-order valence-electron chi connectivity index (χ0n) is 15.7. The number of unbranched alkanes of at least 4 members (excludes halogenated alkanes) is 2. The van der Waals surface area contributed by atoms with Gasteiger partial charge in [0.15, 0.2) is 5.58 Å². The number of fused-ring (bicyclic) bond motifs is 1. The zero-order chi connectivity index (χ0) is 18.6. The lowest BCUT2D eigenvalue weighted by Gasteiger charge is -2.37. The third-order valence-electron chi connectivity index (χ3n) is 5.01. The van der Waals surface area contributed by atoms with E-state index >= 15 is 0 Å². The Morgan fingerprint density at radius 1 is 1.15 bits per heavy atom. The summed E-state index contributed by atoms with van der Waals surface area (Å²) in [5.41, 5.74) is 3.69. The van der Waals surface area contributed by atoms with Crippen LogP contribution in [0.1, 0.15) is 37.3 Å². The van der Waals surface area contributed by atoms with E-state index in [-0.39, 0.29) is 12.7 Å². The summed E-state index contributed by atoms with van der Waals surface area (Å²) >= 11 is 0. The molecule has 5 heteroatoms. The molecule has 1 N–H and O–H groups in total. The minimum Gasteiger partial charge on any atom is -0.487 e. The summed E-state index contributed by atoms with van der Waals surface area (Å²) < 4.78 is 12.0. The van der Waals surface area contributed by atoms with Crippen LogP contribution in [-0.4, -0.2) is 29.3 Å². The summed E-state index contributed by atoms with van der Waals surface area (Å²) in [7, 11) is 0. The fourth-order valence-corrected chi connectivity index (χ4v) is 3.41. The number of aliphatic hydroxyl groups excluding tert-OH is 1. The van der Waals surface area contributed by atoms with Crippen LogP contribution >= 0.6 is 0 Å². The Kier molecular flexibility index (Phi) is 5.30. The van der Waals surface area contributed by atoms with E-state index in [0.717, 1.165) is 36.3 Å². The molecule has 4 rings (SSSR count). The number of oxazole rings is 1. The smallest absolute Gasteiger partial charge is 0.298 e. The van der Waals surface area contributed by atoms with Gasteiger partial charge in [0.2, 0.25) is 0 Å². The van der Waals surface area contributed by atoms with Crippen molar-refractivity contribution in [1.82, 2.24) is 4.98 Å². The summed E-state index contributed by atoms with van der Waals surface area (Å²) in [5, 5.41) is 9.24. The van der Waals surface area contributed by atoms with Gasteiger partial charge >= 0.3 is 0 Å². The van der Waals surface area contributed by atoms with Crippen molar-refractivity contribution in [2.45, 2.75) is 45.3 Å². The van der Waals surface area contributed by atoms with Crippen LogP contribution in [-0.2, 0) is 13.0 Å². The van der Waals surface area contributed by atoms with Crippen molar-refractivity contribution in [2.75, 3.05) is 18.0 Å². The Hall–Kier alpha value is -2.53. The maximum Gasteiger partial charge on any atom is 0.298 e. The van der Waals surface area contributed by atoms with Crippen molar-refractivity contribution in [3.05, 3.63) is 53.6 Å². The predicted molar refractivity (Wildman–Crippen MR) is 106 cm³/mol. The van der Waals surface area contributed by atoms with Gasteiger partial charge in [-0.2, -0.15) is 4.98 Å². The highest BCUT2D eigenvalue weighted by atomic mass is 16.5. The maximum absolute atomic E-state index is 9.24. The predicted octanol–water partition coefficient (Wildman–Crippen LogP) is 4.32. The molecular formula is C22H26N2O3. The molecule has 3 aromatic rings. The molecule has 0 atom stereocenters. The molecule has 1 fully saturated rings. The quantitative estimate of drug-likeness (QED) is 0.602. The second-order valence-electron chi connectivity index (χ2n) is 7.21.